The molecule has 0 bridgehead atoms. The molecule has 1 unspecified atom stereocenters. The van der Waals surface area contributed by atoms with Crippen molar-refractivity contribution in [3.05, 3.63) is 21.3 Å². The van der Waals surface area contributed by atoms with Crippen LogP contribution < -0.4 is 5.73 Å². The predicted octanol–water partition coefficient (Wildman–Crippen LogP) is 2.43. The minimum atomic E-state index is 0.348. The number of thiophene rings is 1. The van der Waals surface area contributed by atoms with Gasteiger partial charge in [-0.15, -0.1) is 11.3 Å². The maximum atomic E-state index is 6.03. The summed E-state index contributed by atoms with van der Waals surface area (Å²) < 4.78 is 0. The van der Waals surface area contributed by atoms with Crippen molar-refractivity contribution >= 4 is 22.9 Å². The van der Waals surface area contributed by atoms with E-state index in [2.05, 4.69) is 15.9 Å². The van der Waals surface area contributed by atoms with E-state index in [1.54, 1.807) is 11.3 Å². The van der Waals surface area contributed by atoms with Gasteiger partial charge in [-0.25, -0.2) is 0 Å². The van der Waals surface area contributed by atoms with Crippen molar-refractivity contribution in [1.82, 2.24) is 9.80 Å². The molecule has 0 aromatic carbocycles. The predicted molar refractivity (Wildman–Crippen MR) is 81.9 cm³/mol. The van der Waals surface area contributed by atoms with E-state index in [0.717, 1.165) is 24.0 Å². The second-order valence-electron chi connectivity index (χ2n) is 5.70. The largest absolute Gasteiger partial charge is 0.329 e. The van der Waals surface area contributed by atoms with Gasteiger partial charge >= 0.3 is 0 Å². The third kappa shape index (κ3) is 3.50. The van der Waals surface area contributed by atoms with E-state index in [1.807, 2.05) is 5.38 Å². The van der Waals surface area contributed by atoms with Gasteiger partial charge in [0.1, 0.15) is 0 Å². The number of hydrogen-bond donors (Lipinski definition) is 1. The van der Waals surface area contributed by atoms with E-state index >= 15 is 0 Å². The van der Waals surface area contributed by atoms with Gasteiger partial charge in [0.2, 0.25) is 0 Å². The van der Waals surface area contributed by atoms with E-state index in [1.165, 1.54) is 37.4 Å². The SMILES string of the molecule is NCC(c1cc(Cl)cs1)N1CCN(CC2CC2)CC1. The highest BCUT2D eigenvalue weighted by Crippen LogP contribution is 2.32. The van der Waals surface area contributed by atoms with Gasteiger partial charge in [0, 0.05) is 49.5 Å². The Bertz CT molecular complexity index is 411. The minimum Gasteiger partial charge on any atom is -0.329 e. The van der Waals surface area contributed by atoms with Crippen LogP contribution in [0.15, 0.2) is 11.4 Å². The minimum absolute atomic E-state index is 0.348. The topological polar surface area (TPSA) is 32.5 Å². The zero-order chi connectivity index (χ0) is 13.2. The molecular weight excluding hydrogens is 278 g/mol. The van der Waals surface area contributed by atoms with Gasteiger partial charge in [0.05, 0.1) is 11.1 Å². The maximum Gasteiger partial charge on any atom is 0.0565 e. The molecule has 1 atom stereocenters. The molecule has 3 rings (SSSR count). The van der Waals surface area contributed by atoms with Crippen LogP contribution in [0.3, 0.4) is 0 Å². The highest BCUT2D eigenvalue weighted by molar-refractivity contribution is 7.10. The number of halogens is 1. The fourth-order valence-electron chi connectivity index (χ4n) is 2.87. The fraction of sp³-hybridized carbons (Fsp3) is 0.714. The van der Waals surface area contributed by atoms with Crippen molar-refractivity contribution in [2.45, 2.75) is 18.9 Å². The Morgan fingerprint density at radius 2 is 2.05 bits per heavy atom. The van der Waals surface area contributed by atoms with Crippen LogP contribution in [-0.2, 0) is 0 Å². The van der Waals surface area contributed by atoms with E-state index in [4.69, 9.17) is 17.3 Å². The zero-order valence-corrected chi connectivity index (χ0v) is 12.8. The van der Waals surface area contributed by atoms with Crippen molar-refractivity contribution in [3.8, 4) is 0 Å². The molecule has 2 N–H and O–H groups in total. The van der Waals surface area contributed by atoms with Crippen LogP contribution >= 0.6 is 22.9 Å². The number of rotatable bonds is 5. The normalized spacial score (nSPS) is 23.7. The number of nitrogens with two attached hydrogens (primary N) is 1. The lowest BCUT2D eigenvalue weighted by Crippen LogP contribution is -2.49. The molecule has 2 fully saturated rings. The zero-order valence-electron chi connectivity index (χ0n) is 11.2. The van der Waals surface area contributed by atoms with Crippen molar-refractivity contribution < 1.29 is 0 Å². The molecule has 2 heterocycles. The molecule has 0 spiro atoms. The average Bonchev–Trinajstić information content (AvgIpc) is 3.13. The summed E-state index contributed by atoms with van der Waals surface area (Å²) in [5.41, 5.74) is 5.98. The Kier molecular flexibility index (Phi) is 4.44. The molecule has 0 amide bonds. The summed E-state index contributed by atoms with van der Waals surface area (Å²) in [4.78, 5) is 6.44. The first-order chi connectivity index (χ1) is 9.26. The molecular formula is C14H22ClN3S. The highest BCUT2D eigenvalue weighted by atomic mass is 35.5. The fourth-order valence-corrected chi connectivity index (χ4v) is 4.10. The summed E-state index contributed by atoms with van der Waals surface area (Å²) in [5.74, 6) is 0.993. The molecule has 1 saturated heterocycles. The van der Waals surface area contributed by atoms with Crippen LogP contribution in [0, 0.1) is 5.92 Å². The molecule has 1 aliphatic carbocycles. The highest BCUT2D eigenvalue weighted by Gasteiger charge is 2.29. The van der Waals surface area contributed by atoms with Crippen LogP contribution in [0.2, 0.25) is 5.02 Å². The second kappa shape index (κ2) is 6.10. The maximum absolute atomic E-state index is 6.03. The molecule has 19 heavy (non-hydrogen) atoms. The molecule has 1 aromatic rings. The third-order valence-electron chi connectivity index (χ3n) is 4.20. The van der Waals surface area contributed by atoms with Crippen molar-refractivity contribution in [1.29, 1.82) is 0 Å². The lowest BCUT2D eigenvalue weighted by Gasteiger charge is -2.38. The molecule has 3 nitrogen and oxygen atoms in total. The van der Waals surface area contributed by atoms with Gasteiger partial charge in [0.25, 0.3) is 0 Å². The summed E-state index contributed by atoms with van der Waals surface area (Å²) in [6, 6.07) is 2.42. The van der Waals surface area contributed by atoms with Crippen LogP contribution in [0.1, 0.15) is 23.8 Å². The van der Waals surface area contributed by atoms with Gasteiger partial charge in [-0.05, 0) is 24.8 Å². The van der Waals surface area contributed by atoms with E-state index in [0.29, 0.717) is 12.6 Å². The Morgan fingerprint density at radius 1 is 1.32 bits per heavy atom. The smallest absolute Gasteiger partial charge is 0.0565 e. The van der Waals surface area contributed by atoms with E-state index in [9.17, 15) is 0 Å². The van der Waals surface area contributed by atoms with Crippen molar-refractivity contribution in [2.75, 3.05) is 39.3 Å². The number of nitrogens with zero attached hydrogens (tertiary/aromatic N) is 2. The van der Waals surface area contributed by atoms with Gasteiger partial charge in [-0.1, -0.05) is 11.6 Å². The lowest BCUT2D eigenvalue weighted by atomic mass is 10.1. The second-order valence-corrected chi connectivity index (χ2v) is 7.08. The summed E-state index contributed by atoms with van der Waals surface area (Å²) in [5, 5.41) is 2.84. The molecule has 1 saturated carbocycles. The van der Waals surface area contributed by atoms with Gasteiger partial charge < -0.3 is 10.6 Å². The summed E-state index contributed by atoms with van der Waals surface area (Å²) >= 11 is 7.76. The number of hydrogen-bond acceptors (Lipinski definition) is 4. The average molecular weight is 300 g/mol. The van der Waals surface area contributed by atoms with E-state index < -0.39 is 0 Å². The van der Waals surface area contributed by atoms with Gasteiger partial charge in [-0.3, -0.25) is 4.90 Å². The standard InChI is InChI=1S/C14H22ClN3S/c15-12-7-14(19-10-12)13(8-16)18-5-3-17(4-6-18)9-11-1-2-11/h7,10-11,13H,1-6,8-9,16H2. The molecule has 1 aliphatic heterocycles. The van der Waals surface area contributed by atoms with Crippen molar-refractivity contribution in [2.24, 2.45) is 11.7 Å². The Hall–Kier alpha value is -0.130. The lowest BCUT2D eigenvalue weighted by molar-refractivity contribution is 0.0968. The van der Waals surface area contributed by atoms with Crippen LogP contribution in [0.5, 0.6) is 0 Å². The Morgan fingerprint density at radius 3 is 2.58 bits per heavy atom. The van der Waals surface area contributed by atoms with Gasteiger partial charge in [-0.2, -0.15) is 0 Å². The summed E-state index contributed by atoms with van der Waals surface area (Å²) in [6.07, 6.45) is 2.89. The van der Waals surface area contributed by atoms with Crippen LogP contribution in [0.25, 0.3) is 0 Å². The molecule has 0 radical (unpaired) electrons. The van der Waals surface area contributed by atoms with Crippen molar-refractivity contribution in [3.63, 3.8) is 0 Å². The Balaban J connectivity index is 1.56. The van der Waals surface area contributed by atoms with Gasteiger partial charge in [0.15, 0.2) is 0 Å². The first-order valence-electron chi connectivity index (χ1n) is 7.16. The first-order valence-corrected chi connectivity index (χ1v) is 8.42. The summed E-state index contributed by atoms with van der Waals surface area (Å²) in [6.45, 7) is 6.62. The third-order valence-corrected chi connectivity index (χ3v) is 5.58. The number of piperazine rings is 1. The molecule has 1 aromatic heterocycles. The quantitative estimate of drug-likeness (QED) is 0.906. The summed E-state index contributed by atoms with van der Waals surface area (Å²) in [7, 11) is 0. The molecule has 106 valence electrons. The monoisotopic (exact) mass is 299 g/mol. The van der Waals surface area contributed by atoms with Crippen LogP contribution in [-0.4, -0.2) is 49.1 Å². The van der Waals surface area contributed by atoms with E-state index in [-0.39, 0.29) is 0 Å². The Labute approximate surface area is 124 Å². The molecule has 2 aliphatic rings. The first kappa shape index (κ1) is 13.8. The molecule has 5 heteroatoms. The van der Waals surface area contributed by atoms with Crippen LogP contribution in [0.4, 0.5) is 0 Å².